The second-order valence-electron chi connectivity index (χ2n) is 3.35. The average molecular weight is 202 g/mol. The number of hydrogen-bond donors (Lipinski definition) is 0. The molecule has 1 aromatic carbocycles. The molecule has 0 N–H and O–H groups in total. The van der Waals surface area contributed by atoms with Crippen LogP contribution in [0.25, 0.3) is 10.9 Å². The van der Waals surface area contributed by atoms with Gasteiger partial charge in [-0.3, -0.25) is 10.1 Å². The minimum absolute atomic E-state index is 0.00995. The Bertz CT molecular complexity index is 494. The summed E-state index contributed by atoms with van der Waals surface area (Å²) in [6.45, 7) is 1.98. The van der Waals surface area contributed by atoms with E-state index in [4.69, 9.17) is 4.74 Å². The fraction of sp³-hybridized carbons (Fsp3) is 0.250. The van der Waals surface area contributed by atoms with E-state index in [1.807, 2.05) is 19.1 Å². The maximum absolute atomic E-state index is 11.7. The zero-order valence-corrected chi connectivity index (χ0v) is 8.78. The van der Waals surface area contributed by atoms with Crippen molar-refractivity contribution in [1.82, 2.24) is 4.98 Å². The van der Waals surface area contributed by atoms with Crippen LogP contribution in [0.3, 0.4) is 0 Å². The molecule has 0 saturated heterocycles. The van der Waals surface area contributed by atoms with E-state index in [2.05, 4.69) is 4.98 Å². The number of nitrogens with zero attached hydrogens (tertiary/aromatic N) is 1. The molecule has 1 aromatic heterocycles. The van der Waals surface area contributed by atoms with Gasteiger partial charge in [-0.2, -0.15) is 0 Å². The van der Waals surface area contributed by atoms with E-state index in [1.54, 1.807) is 19.2 Å². The zero-order valence-electron chi connectivity index (χ0n) is 8.78. The Kier molecular flexibility index (Phi) is 2.46. The molecule has 15 heavy (non-hydrogen) atoms. The van der Waals surface area contributed by atoms with Gasteiger partial charge in [0, 0.05) is 11.8 Å². The van der Waals surface area contributed by atoms with Gasteiger partial charge in [-0.1, -0.05) is 6.92 Å². The highest BCUT2D eigenvalue weighted by Crippen LogP contribution is 2.28. The Morgan fingerprint density at radius 1 is 1.33 bits per heavy atom. The fourth-order valence-electron chi connectivity index (χ4n) is 1.53. The van der Waals surface area contributed by atoms with E-state index >= 15 is 0 Å². The minimum Gasteiger partial charge on any atom is -0.497 e. The normalized spacial score (nSPS) is 10.5. The van der Waals surface area contributed by atoms with Gasteiger partial charge in [0.1, 0.15) is 5.75 Å². The third-order valence-electron chi connectivity index (χ3n) is 2.39. The zero-order chi connectivity index (χ0) is 10.8. The van der Waals surface area contributed by atoms with Crippen LogP contribution in [0.2, 0.25) is 0 Å². The molecule has 0 unspecified atom stereocenters. The Morgan fingerprint density at radius 3 is 2.80 bits per heavy atom. The lowest BCUT2D eigenvalue weighted by Crippen LogP contribution is -1.89. The number of ether oxygens (including phenoxy) is 1. The highest BCUT2D eigenvalue weighted by molar-refractivity contribution is 5.86. The Hall–Kier alpha value is -1.77. The lowest BCUT2D eigenvalue weighted by molar-refractivity contribution is 0.359. The van der Waals surface area contributed by atoms with Crippen LogP contribution in [0.1, 0.15) is 12.6 Å². The first-order chi connectivity index (χ1) is 7.24. The number of methoxy groups -OCH3 is 1. The van der Waals surface area contributed by atoms with Gasteiger partial charge >= 0.3 is 0 Å². The second kappa shape index (κ2) is 3.77. The number of fused-ring (bicyclic) bond motifs is 1. The first-order valence-electron chi connectivity index (χ1n) is 4.89. The smallest absolute Gasteiger partial charge is 0.189 e. The van der Waals surface area contributed by atoms with Crippen molar-refractivity contribution >= 4 is 10.9 Å². The van der Waals surface area contributed by atoms with Gasteiger partial charge in [-0.25, -0.2) is 0 Å². The maximum Gasteiger partial charge on any atom is 0.189 e. The number of aryl methyl sites for hydroxylation is 1. The molecule has 0 aliphatic rings. The Balaban J connectivity index is 2.68. The summed E-state index contributed by atoms with van der Waals surface area (Å²) in [5.41, 5.74) is 1.57. The molecule has 0 aliphatic carbocycles. The number of rotatable bonds is 2. The minimum atomic E-state index is 0.00995. The van der Waals surface area contributed by atoms with Gasteiger partial charge in [-0.05, 0) is 24.6 Å². The number of aromatic nitrogens is 1. The summed E-state index contributed by atoms with van der Waals surface area (Å²) >= 11 is 0. The van der Waals surface area contributed by atoms with Gasteiger partial charge < -0.3 is 4.74 Å². The Morgan fingerprint density at radius 2 is 2.13 bits per heavy atom. The van der Waals surface area contributed by atoms with Crippen molar-refractivity contribution in [1.29, 1.82) is 0 Å². The molecule has 1 radical (unpaired) electrons. The highest BCUT2D eigenvalue weighted by Gasteiger charge is 2.06. The fourth-order valence-corrected chi connectivity index (χ4v) is 1.53. The molecule has 0 bridgehead atoms. The van der Waals surface area contributed by atoms with E-state index < -0.39 is 0 Å². The number of hydrogen-bond acceptors (Lipinski definition) is 2. The molecular weight excluding hydrogens is 190 g/mol. The molecule has 3 nitrogen and oxygen atoms in total. The third kappa shape index (κ3) is 1.73. The number of pyridine rings is 1. The lowest BCUT2D eigenvalue weighted by atomic mass is 10.1. The molecule has 77 valence electrons. The van der Waals surface area contributed by atoms with Gasteiger partial charge in [-0.15, -0.1) is 0 Å². The SMILES string of the molecule is CCc1cc([O])c2cc(OC)ccc2n1. The van der Waals surface area contributed by atoms with Crippen molar-refractivity contribution < 1.29 is 9.84 Å². The average Bonchev–Trinajstić information content (AvgIpc) is 2.28. The van der Waals surface area contributed by atoms with E-state index in [9.17, 15) is 5.11 Å². The maximum atomic E-state index is 11.7. The molecule has 2 rings (SSSR count). The molecule has 0 saturated carbocycles. The van der Waals surface area contributed by atoms with Crippen molar-refractivity contribution in [2.24, 2.45) is 0 Å². The van der Waals surface area contributed by atoms with E-state index in [-0.39, 0.29) is 5.75 Å². The van der Waals surface area contributed by atoms with Crippen molar-refractivity contribution in [3.8, 4) is 11.5 Å². The van der Waals surface area contributed by atoms with Crippen LogP contribution in [0.5, 0.6) is 11.5 Å². The van der Waals surface area contributed by atoms with Crippen LogP contribution in [-0.2, 0) is 11.5 Å². The quantitative estimate of drug-likeness (QED) is 0.751. The molecule has 1 heterocycles. The van der Waals surface area contributed by atoms with Crippen LogP contribution < -0.4 is 4.74 Å². The summed E-state index contributed by atoms with van der Waals surface area (Å²) in [6, 6.07) is 6.94. The molecule has 0 fully saturated rings. The van der Waals surface area contributed by atoms with E-state index in [0.717, 1.165) is 17.6 Å². The summed E-state index contributed by atoms with van der Waals surface area (Å²) < 4.78 is 5.07. The number of benzene rings is 1. The molecule has 0 spiro atoms. The Labute approximate surface area is 88.3 Å². The summed E-state index contributed by atoms with van der Waals surface area (Å²) in [6.07, 6.45) is 0.775. The largest absolute Gasteiger partial charge is 0.497 e. The van der Waals surface area contributed by atoms with Gasteiger partial charge in [0.25, 0.3) is 0 Å². The summed E-state index contributed by atoms with van der Waals surface area (Å²) in [4.78, 5) is 4.37. The standard InChI is InChI=1S/C12H12NO2/c1-3-8-6-12(14)10-7-9(15-2)4-5-11(10)13-8/h4-7H,3H2,1-2H3. The third-order valence-corrected chi connectivity index (χ3v) is 2.39. The molecule has 3 heteroatoms. The first-order valence-corrected chi connectivity index (χ1v) is 4.89. The van der Waals surface area contributed by atoms with Gasteiger partial charge in [0.15, 0.2) is 5.75 Å². The van der Waals surface area contributed by atoms with Crippen LogP contribution in [-0.4, -0.2) is 12.1 Å². The van der Waals surface area contributed by atoms with E-state index in [1.165, 1.54) is 0 Å². The molecule has 0 amide bonds. The second-order valence-corrected chi connectivity index (χ2v) is 3.35. The van der Waals surface area contributed by atoms with Crippen molar-refractivity contribution in [3.05, 3.63) is 30.0 Å². The van der Waals surface area contributed by atoms with Crippen molar-refractivity contribution in [3.63, 3.8) is 0 Å². The van der Waals surface area contributed by atoms with Gasteiger partial charge in [0.05, 0.1) is 18.0 Å². The van der Waals surface area contributed by atoms with Crippen LogP contribution >= 0.6 is 0 Å². The van der Waals surface area contributed by atoms with Crippen molar-refractivity contribution in [2.45, 2.75) is 13.3 Å². The monoisotopic (exact) mass is 202 g/mol. The predicted molar refractivity (Wildman–Crippen MR) is 57.8 cm³/mol. The molecule has 0 atom stereocenters. The summed E-state index contributed by atoms with van der Waals surface area (Å²) in [5, 5.41) is 12.3. The summed E-state index contributed by atoms with van der Waals surface area (Å²) in [7, 11) is 1.58. The predicted octanol–water partition coefficient (Wildman–Crippen LogP) is 2.95. The van der Waals surface area contributed by atoms with Crippen LogP contribution in [0.15, 0.2) is 24.3 Å². The molecule has 2 aromatic rings. The summed E-state index contributed by atoms with van der Waals surface area (Å²) in [5.74, 6) is 0.696. The molecular formula is C12H12NO2. The van der Waals surface area contributed by atoms with Crippen LogP contribution in [0.4, 0.5) is 0 Å². The van der Waals surface area contributed by atoms with Gasteiger partial charge in [0.2, 0.25) is 0 Å². The topological polar surface area (TPSA) is 42.0 Å². The molecule has 0 aliphatic heterocycles. The highest BCUT2D eigenvalue weighted by atomic mass is 16.5. The van der Waals surface area contributed by atoms with Crippen LogP contribution in [0, 0.1) is 0 Å². The lowest BCUT2D eigenvalue weighted by Gasteiger charge is -2.04. The first kappa shape index (κ1) is 9.77. The van der Waals surface area contributed by atoms with Crippen molar-refractivity contribution in [2.75, 3.05) is 7.11 Å². The van der Waals surface area contributed by atoms with E-state index in [0.29, 0.717) is 11.1 Å².